The molecule has 0 spiro atoms. The van der Waals surface area contributed by atoms with Gasteiger partial charge in [-0.2, -0.15) is 0 Å². The number of nitrogens with one attached hydrogen (secondary N) is 1. The monoisotopic (exact) mass is 431 g/mol. The van der Waals surface area contributed by atoms with Gasteiger partial charge in [0.25, 0.3) is 16.8 Å². The summed E-state index contributed by atoms with van der Waals surface area (Å²) in [6, 6.07) is 10.6. The number of non-ortho nitro benzene ring substituents is 1. The van der Waals surface area contributed by atoms with Crippen molar-refractivity contribution in [1.29, 1.82) is 0 Å². The zero-order chi connectivity index (χ0) is 21.1. The van der Waals surface area contributed by atoms with Gasteiger partial charge in [-0.15, -0.1) is 0 Å². The summed E-state index contributed by atoms with van der Waals surface area (Å²) < 4.78 is 0. The van der Waals surface area contributed by atoms with Gasteiger partial charge in [0, 0.05) is 22.8 Å². The molecular formula is C19H14ClN3O5S. The first-order chi connectivity index (χ1) is 13.7. The maximum absolute atomic E-state index is 12.5. The van der Waals surface area contributed by atoms with Crippen LogP contribution in [0, 0.1) is 17.0 Å². The van der Waals surface area contributed by atoms with E-state index in [0.29, 0.717) is 28.0 Å². The summed E-state index contributed by atoms with van der Waals surface area (Å²) in [5.74, 6) is -1.19. The summed E-state index contributed by atoms with van der Waals surface area (Å²) in [5.41, 5.74) is 1.57. The standard InChI is InChI=1S/C19H14ClN3O5S/c1-11-5-6-13(9-15(11)20)21-17(24)10-22-18(25)16(29-19(22)26)8-12-3-2-4-14(7-12)23(27)28/h2-9H,10H2,1H3,(H,21,24)/b16-8+. The van der Waals surface area contributed by atoms with Crippen LogP contribution in [0.1, 0.15) is 11.1 Å². The van der Waals surface area contributed by atoms with Crippen LogP contribution in [0.3, 0.4) is 0 Å². The normalized spacial score (nSPS) is 15.1. The topological polar surface area (TPSA) is 110 Å². The molecule has 1 saturated heterocycles. The molecule has 1 N–H and O–H groups in total. The lowest BCUT2D eigenvalue weighted by molar-refractivity contribution is -0.384. The number of nitrogens with zero attached hydrogens (tertiary/aromatic N) is 2. The Hall–Kier alpha value is -3.17. The van der Waals surface area contributed by atoms with Crippen LogP contribution in [0.2, 0.25) is 5.02 Å². The Morgan fingerprint density at radius 3 is 2.72 bits per heavy atom. The van der Waals surface area contributed by atoms with Crippen molar-refractivity contribution in [1.82, 2.24) is 4.90 Å². The average molecular weight is 432 g/mol. The van der Waals surface area contributed by atoms with Crippen molar-refractivity contribution >= 4 is 57.9 Å². The Bertz CT molecular complexity index is 1070. The number of aryl methyl sites for hydroxylation is 1. The van der Waals surface area contributed by atoms with E-state index in [1.807, 2.05) is 6.92 Å². The van der Waals surface area contributed by atoms with E-state index in [2.05, 4.69) is 5.32 Å². The molecule has 0 radical (unpaired) electrons. The molecule has 0 atom stereocenters. The molecule has 3 amide bonds. The predicted octanol–water partition coefficient (Wildman–Crippen LogP) is 4.23. The number of hydrogen-bond acceptors (Lipinski definition) is 6. The van der Waals surface area contributed by atoms with E-state index < -0.39 is 28.5 Å². The highest BCUT2D eigenvalue weighted by molar-refractivity contribution is 8.18. The van der Waals surface area contributed by atoms with Crippen molar-refractivity contribution in [3.63, 3.8) is 0 Å². The third-order valence-corrected chi connectivity index (χ3v) is 5.32. The molecule has 3 rings (SSSR count). The SMILES string of the molecule is Cc1ccc(NC(=O)CN2C(=O)S/C(=C/c3cccc([N+](=O)[O-])c3)C2=O)cc1Cl. The van der Waals surface area contributed by atoms with Crippen molar-refractivity contribution in [2.75, 3.05) is 11.9 Å². The first kappa shape index (κ1) is 20.6. The molecule has 0 bridgehead atoms. The Morgan fingerprint density at radius 2 is 2.03 bits per heavy atom. The zero-order valence-electron chi connectivity index (χ0n) is 15.0. The number of halogens is 1. The molecule has 1 aliphatic rings. The van der Waals surface area contributed by atoms with Crippen LogP contribution in [0.15, 0.2) is 47.4 Å². The predicted molar refractivity (Wildman–Crippen MR) is 111 cm³/mol. The number of anilines is 1. The fourth-order valence-electron chi connectivity index (χ4n) is 2.53. The molecular weight excluding hydrogens is 418 g/mol. The molecule has 2 aromatic rings. The maximum atomic E-state index is 12.5. The van der Waals surface area contributed by atoms with Crippen LogP contribution in [-0.2, 0) is 9.59 Å². The second-order valence-corrected chi connectivity index (χ2v) is 7.53. The van der Waals surface area contributed by atoms with E-state index in [4.69, 9.17) is 11.6 Å². The van der Waals surface area contributed by atoms with Crippen molar-refractivity contribution in [3.05, 3.63) is 73.6 Å². The summed E-state index contributed by atoms with van der Waals surface area (Å²) >= 11 is 6.69. The molecule has 1 aliphatic heterocycles. The summed E-state index contributed by atoms with van der Waals surface area (Å²) in [7, 11) is 0. The molecule has 1 heterocycles. The number of imide groups is 1. The van der Waals surface area contributed by atoms with Crippen LogP contribution < -0.4 is 5.32 Å². The minimum atomic E-state index is -0.636. The highest BCUT2D eigenvalue weighted by Crippen LogP contribution is 2.32. The molecule has 2 aromatic carbocycles. The van der Waals surface area contributed by atoms with Crippen molar-refractivity contribution in [2.45, 2.75) is 6.92 Å². The third-order valence-electron chi connectivity index (χ3n) is 4.01. The molecule has 0 saturated carbocycles. The van der Waals surface area contributed by atoms with Gasteiger partial charge in [0.2, 0.25) is 5.91 Å². The van der Waals surface area contributed by atoms with Gasteiger partial charge in [-0.3, -0.25) is 29.4 Å². The van der Waals surface area contributed by atoms with E-state index >= 15 is 0 Å². The Morgan fingerprint density at radius 1 is 1.28 bits per heavy atom. The number of carbonyl (C=O) groups is 3. The van der Waals surface area contributed by atoms with Gasteiger partial charge in [0.1, 0.15) is 6.54 Å². The van der Waals surface area contributed by atoms with E-state index in [0.717, 1.165) is 10.5 Å². The number of amides is 3. The fourth-order valence-corrected chi connectivity index (χ4v) is 3.55. The Labute approximate surface area is 174 Å². The van der Waals surface area contributed by atoms with Crippen molar-refractivity contribution in [2.24, 2.45) is 0 Å². The fraction of sp³-hybridized carbons (Fsp3) is 0.105. The van der Waals surface area contributed by atoms with Crippen molar-refractivity contribution < 1.29 is 19.3 Å². The highest BCUT2D eigenvalue weighted by Gasteiger charge is 2.36. The molecule has 29 heavy (non-hydrogen) atoms. The van der Waals surface area contributed by atoms with E-state index in [1.54, 1.807) is 24.3 Å². The van der Waals surface area contributed by atoms with Crippen molar-refractivity contribution in [3.8, 4) is 0 Å². The number of carbonyl (C=O) groups excluding carboxylic acids is 3. The maximum Gasteiger partial charge on any atom is 0.294 e. The second-order valence-electron chi connectivity index (χ2n) is 6.13. The Kier molecular flexibility index (Phi) is 6.00. The summed E-state index contributed by atoms with van der Waals surface area (Å²) in [4.78, 5) is 48.1. The van der Waals surface area contributed by atoms with Crippen LogP contribution in [0.4, 0.5) is 16.2 Å². The first-order valence-corrected chi connectivity index (χ1v) is 9.50. The van der Waals surface area contributed by atoms with E-state index in [9.17, 15) is 24.5 Å². The number of thioether (sulfide) groups is 1. The van der Waals surface area contributed by atoms with E-state index in [-0.39, 0.29) is 10.6 Å². The number of nitro benzene ring substituents is 1. The largest absolute Gasteiger partial charge is 0.324 e. The third kappa shape index (κ3) is 4.82. The molecule has 8 nitrogen and oxygen atoms in total. The van der Waals surface area contributed by atoms with Gasteiger partial charge in [-0.1, -0.05) is 29.8 Å². The lowest BCUT2D eigenvalue weighted by Gasteiger charge is -2.13. The highest BCUT2D eigenvalue weighted by atomic mass is 35.5. The first-order valence-electron chi connectivity index (χ1n) is 8.30. The average Bonchev–Trinajstić information content (AvgIpc) is 2.92. The van der Waals surface area contributed by atoms with Crippen LogP contribution in [-0.4, -0.2) is 33.4 Å². The summed E-state index contributed by atoms with van der Waals surface area (Å²) in [5, 5.41) is 13.3. The quantitative estimate of drug-likeness (QED) is 0.431. The number of nitro groups is 1. The van der Waals surface area contributed by atoms with Gasteiger partial charge in [-0.25, -0.2) is 0 Å². The van der Waals surface area contributed by atoms with Gasteiger partial charge >= 0.3 is 0 Å². The lowest BCUT2D eigenvalue weighted by Crippen LogP contribution is -2.36. The minimum absolute atomic E-state index is 0.0849. The van der Waals surface area contributed by atoms with Gasteiger partial charge in [-0.05, 0) is 48.0 Å². The van der Waals surface area contributed by atoms with Crippen LogP contribution >= 0.6 is 23.4 Å². The molecule has 0 aliphatic carbocycles. The lowest BCUT2D eigenvalue weighted by atomic mass is 10.2. The number of rotatable bonds is 5. The number of benzene rings is 2. The van der Waals surface area contributed by atoms with Gasteiger partial charge < -0.3 is 5.32 Å². The van der Waals surface area contributed by atoms with Crippen LogP contribution in [0.25, 0.3) is 6.08 Å². The van der Waals surface area contributed by atoms with Crippen LogP contribution in [0.5, 0.6) is 0 Å². The molecule has 0 aromatic heterocycles. The minimum Gasteiger partial charge on any atom is -0.324 e. The second kappa shape index (κ2) is 8.46. The smallest absolute Gasteiger partial charge is 0.294 e. The molecule has 148 valence electrons. The molecule has 0 unspecified atom stereocenters. The summed E-state index contributed by atoms with van der Waals surface area (Å²) in [6.07, 6.45) is 1.38. The van der Waals surface area contributed by atoms with Gasteiger partial charge in [0.15, 0.2) is 0 Å². The zero-order valence-corrected chi connectivity index (χ0v) is 16.6. The van der Waals surface area contributed by atoms with E-state index in [1.165, 1.54) is 24.3 Å². The molecule has 1 fully saturated rings. The summed E-state index contributed by atoms with van der Waals surface area (Å²) in [6.45, 7) is 1.37. The van der Waals surface area contributed by atoms with Gasteiger partial charge in [0.05, 0.1) is 9.83 Å². The Balaban J connectivity index is 1.71. The molecule has 10 heteroatoms. The number of hydrogen-bond donors (Lipinski definition) is 1.